The van der Waals surface area contributed by atoms with Crippen molar-refractivity contribution in [3.63, 3.8) is 0 Å². The molecule has 0 saturated carbocycles. The maximum Gasteiger partial charge on any atom is 0.141 e. The summed E-state index contributed by atoms with van der Waals surface area (Å²) >= 11 is 6.02. The predicted octanol–water partition coefficient (Wildman–Crippen LogP) is 3.02. The highest BCUT2D eigenvalue weighted by Gasteiger charge is 2.20. The maximum atomic E-state index is 6.02. The van der Waals surface area contributed by atoms with E-state index in [1.54, 1.807) is 10.9 Å². The number of anilines is 1. The van der Waals surface area contributed by atoms with Crippen LogP contribution >= 0.6 is 11.6 Å². The number of aromatic nitrogens is 2. The van der Waals surface area contributed by atoms with Crippen molar-refractivity contribution in [3.05, 3.63) is 34.9 Å². The molecule has 0 radical (unpaired) electrons. The first kappa shape index (κ1) is 11.1. The molecular formula is C11H14ClN3O. The van der Waals surface area contributed by atoms with Gasteiger partial charge in [-0.25, -0.2) is 4.68 Å². The zero-order chi connectivity index (χ0) is 11.7. The average molecular weight is 240 g/mol. The Morgan fingerprint density at radius 3 is 2.81 bits per heavy atom. The highest BCUT2D eigenvalue weighted by Crippen LogP contribution is 2.30. The fourth-order valence-corrected chi connectivity index (χ4v) is 1.88. The van der Waals surface area contributed by atoms with Crippen LogP contribution in [0.4, 0.5) is 5.82 Å². The van der Waals surface area contributed by atoms with Crippen LogP contribution in [0.1, 0.15) is 30.8 Å². The Hall–Kier alpha value is -1.42. The third-order valence-corrected chi connectivity index (χ3v) is 3.07. The highest BCUT2D eigenvalue weighted by molar-refractivity contribution is 6.33. The SMILES string of the molecule is CCC(c1ccco1)n1nc(C)c(Cl)c1N. The minimum atomic E-state index is 0.00111. The minimum Gasteiger partial charge on any atom is -0.467 e. The van der Waals surface area contributed by atoms with E-state index in [1.807, 2.05) is 19.1 Å². The quantitative estimate of drug-likeness (QED) is 0.896. The lowest BCUT2D eigenvalue weighted by Gasteiger charge is -2.14. The molecule has 2 N–H and O–H groups in total. The molecule has 1 unspecified atom stereocenters. The van der Waals surface area contributed by atoms with Gasteiger partial charge in [-0.1, -0.05) is 18.5 Å². The molecule has 5 heteroatoms. The lowest BCUT2D eigenvalue weighted by atomic mass is 10.2. The summed E-state index contributed by atoms with van der Waals surface area (Å²) < 4.78 is 7.10. The second kappa shape index (κ2) is 4.22. The van der Waals surface area contributed by atoms with E-state index < -0.39 is 0 Å². The van der Waals surface area contributed by atoms with Crippen LogP contribution in [0, 0.1) is 6.92 Å². The lowest BCUT2D eigenvalue weighted by Crippen LogP contribution is -2.13. The predicted molar refractivity (Wildman–Crippen MR) is 63.5 cm³/mol. The number of nitrogen functional groups attached to an aromatic ring is 1. The van der Waals surface area contributed by atoms with Crippen molar-refractivity contribution in [3.8, 4) is 0 Å². The van der Waals surface area contributed by atoms with Crippen LogP contribution in [0.2, 0.25) is 5.02 Å². The Morgan fingerprint density at radius 2 is 2.38 bits per heavy atom. The van der Waals surface area contributed by atoms with Crippen LogP contribution in [-0.2, 0) is 0 Å². The molecular weight excluding hydrogens is 226 g/mol. The molecule has 4 nitrogen and oxygen atoms in total. The molecule has 16 heavy (non-hydrogen) atoms. The molecule has 2 aromatic heterocycles. The van der Waals surface area contributed by atoms with E-state index in [4.69, 9.17) is 21.8 Å². The van der Waals surface area contributed by atoms with E-state index in [9.17, 15) is 0 Å². The van der Waals surface area contributed by atoms with Crippen molar-refractivity contribution in [2.75, 3.05) is 5.73 Å². The van der Waals surface area contributed by atoms with Gasteiger partial charge in [0, 0.05) is 0 Å². The summed E-state index contributed by atoms with van der Waals surface area (Å²) in [6, 6.07) is 3.77. The van der Waals surface area contributed by atoms with Gasteiger partial charge in [0.05, 0.1) is 12.0 Å². The first-order valence-electron chi connectivity index (χ1n) is 5.18. The van der Waals surface area contributed by atoms with E-state index in [0.29, 0.717) is 10.8 Å². The summed E-state index contributed by atoms with van der Waals surface area (Å²) in [4.78, 5) is 0. The summed E-state index contributed by atoms with van der Waals surface area (Å²) in [5.41, 5.74) is 6.65. The minimum absolute atomic E-state index is 0.00111. The van der Waals surface area contributed by atoms with E-state index in [1.165, 1.54) is 0 Å². The molecule has 2 heterocycles. The molecule has 0 spiro atoms. The van der Waals surface area contributed by atoms with Gasteiger partial charge in [-0.3, -0.25) is 0 Å². The largest absolute Gasteiger partial charge is 0.467 e. The number of furan rings is 1. The van der Waals surface area contributed by atoms with Crippen molar-refractivity contribution < 1.29 is 4.42 Å². The van der Waals surface area contributed by atoms with Gasteiger partial charge in [-0.05, 0) is 25.5 Å². The molecule has 86 valence electrons. The Bertz CT molecular complexity index is 476. The summed E-state index contributed by atoms with van der Waals surface area (Å²) in [7, 11) is 0. The molecule has 1 atom stereocenters. The number of nitrogens with zero attached hydrogens (tertiary/aromatic N) is 2. The summed E-state index contributed by atoms with van der Waals surface area (Å²) in [5.74, 6) is 1.33. The summed E-state index contributed by atoms with van der Waals surface area (Å²) in [5, 5.41) is 4.86. The second-order valence-electron chi connectivity index (χ2n) is 3.67. The lowest BCUT2D eigenvalue weighted by molar-refractivity contribution is 0.400. The van der Waals surface area contributed by atoms with Gasteiger partial charge in [-0.15, -0.1) is 0 Å². The van der Waals surface area contributed by atoms with Crippen LogP contribution in [0.5, 0.6) is 0 Å². The number of rotatable bonds is 3. The molecule has 0 aliphatic rings. The molecule has 0 saturated heterocycles. The highest BCUT2D eigenvalue weighted by atomic mass is 35.5. The van der Waals surface area contributed by atoms with Crippen molar-refractivity contribution in [2.45, 2.75) is 26.3 Å². The Labute approximate surface area is 99.0 Å². The molecule has 0 aliphatic heterocycles. The van der Waals surface area contributed by atoms with Crippen LogP contribution in [-0.4, -0.2) is 9.78 Å². The number of hydrogen-bond acceptors (Lipinski definition) is 3. The number of nitrogens with two attached hydrogens (primary N) is 1. The van der Waals surface area contributed by atoms with Gasteiger partial charge in [0.15, 0.2) is 0 Å². The van der Waals surface area contributed by atoms with Gasteiger partial charge in [-0.2, -0.15) is 5.10 Å². The Balaban J connectivity index is 2.45. The van der Waals surface area contributed by atoms with Crippen LogP contribution in [0.25, 0.3) is 0 Å². The first-order valence-corrected chi connectivity index (χ1v) is 5.56. The molecule has 0 aliphatic carbocycles. The van der Waals surface area contributed by atoms with Crippen LogP contribution in [0.3, 0.4) is 0 Å². The molecule has 0 amide bonds. The van der Waals surface area contributed by atoms with Crippen molar-refractivity contribution >= 4 is 17.4 Å². The fourth-order valence-electron chi connectivity index (χ4n) is 1.76. The molecule has 2 rings (SSSR count). The monoisotopic (exact) mass is 239 g/mol. The summed E-state index contributed by atoms with van der Waals surface area (Å²) in [6.07, 6.45) is 2.49. The zero-order valence-electron chi connectivity index (χ0n) is 9.27. The third-order valence-electron chi connectivity index (χ3n) is 2.60. The van der Waals surface area contributed by atoms with Gasteiger partial charge < -0.3 is 10.2 Å². The van der Waals surface area contributed by atoms with E-state index in [2.05, 4.69) is 12.0 Å². The molecule has 2 aromatic rings. The topological polar surface area (TPSA) is 57.0 Å². The average Bonchev–Trinajstić information content (AvgIpc) is 2.86. The van der Waals surface area contributed by atoms with E-state index in [-0.39, 0.29) is 6.04 Å². The van der Waals surface area contributed by atoms with Gasteiger partial charge >= 0.3 is 0 Å². The normalized spacial score (nSPS) is 12.9. The molecule has 0 bridgehead atoms. The number of aryl methyl sites for hydroxylation is 1. The number of halogens is 1. The molecule has 0 aromatic carbocycles. The smallest absolute Gasteiger partial charge is 0.141 e. The van der Waals surface area contributed by atoms with Gasteiger partial charge in [0.25, 0.3) is 0 Å². The van der Waals surface area contributed by atoms with Gasteiger partial charge in [0.1, 0.15) is 22.6 Å². The van der Waals surface area contributed by atoms with Crippen molar-refractivity contribution in [2.24, 2.45) is 0 Å². The fraction of sp³-hybridized carbons (Fsp3) is 0.364. The maximum absolute atomic E-state index is 6.02. The standard InChI is InChI=1S/C11H14ClN3O/c1-3-8(9-5-4-6-16-9)15-11(13)10(12)7(2)14-15/h4-6,8H,3,13H2,1-2H3. The van der Waals surface area contributed by atoms with Crippen LogP contribution < -0.4 is 5.73 Å². The third kappa shape index (κ3) is 1.69. The van der Waals surface area contributed by atoms with Crippen molar-refractivity contribution in [1.82, 2.24) is 9.78 Å². The number of hydrogen-bond donors (Lipinski definition) is 1. The Morgan fingerprint density at radius 1 is 1.62 bits per heavy atom. The van der Waals surface area contributed by atoms with E-state index >= 15 is 0 Å². The van der Waals surface area contributed by atoms with Gasteiger partial charge in [0.2, 0.25) is 0 Å². The summed E-state index contributed by atoms with van der Waals surface area (Å²) in [6.45, 7) is 3.89. The zero-order valence-corrected chi connectivity index (χ0v) is 10.0. The van der Waals surface area contributed by atoms with Crippen LogP contribution in [0.15, 0.2) is 22.8 Å². The first-order chi connectivity index (χ1) is 7.65. The van der Waals surface area contributed by atoms with Crippen molar-refractivity contribution in [1.29, 1.82) is 0 Å². The van der Waals surface area contributed by atoms with E-state index in [0.717, 1.165) is 17.9 Å². The Kier molecular flexibility index (Phi) is 2.92. The second-order valence-corrected chi connectivity index (χ2v) is 4.05. The molecule has 0 fully saturated rings.